The molecule has 3 N–H and O–H groups in total. The number of benzene rings is 2. The lowest BCUT2D eigenvalue weighted by Gasteiger charge is -2.08. The molecule has 0 aromatic heterocycles. The summed E-state index contributed by atoms with van der Waals surface area (Å²) in [6.07, 6.45) is 0. The van der Waals surface area contributed by atoms with Crippen molar-refractivity contribution < 1.29 is 4.79 Å². The molecule has 0 saturated heterocycles. The van der Waals surface area contributed by atoms with E-state index in [1.807, 2.05) is 6.92 Å². The van der Waals surface area contributed by atoms with Gasteiger partial charge in [-0.25, -0.2) is 0 Å². The summed E-state index contributed by atoms with van der Waals surface area (Å²) in [6.45, 7) is 1.85. The smallest absolute Gasteiger partial charge is 0.255 e. The number of rotatable bonds is 2. The van der Waals surface area contributed by atoms with Gasteiger partial charge in [-0.3, -0.25) is 4.79 Å². The highest BCUT2D eigenvalue weighted by atomic mass is 35.5. The number of aryl methyl sites for hydroxylation is 1. The van der Waals surface area contributed by atoms with Crippen molar-refractivity contribution in [2.75, 3.05) is 11.1 Å². The molecule has 1 amide bonds. The molecule has 2 aromatic carbocycles. The number of halogens is 2. The molecule has 0 aliphatic carbocycles. The fourth-order valence-electron chi connectivity index (χ4n) is 1.59. The van der Waals surface area contributed by atoms with Gasteiger partial charge >= 0.3 is 0 Å². The highest BCUT2D eigenvalue weighted by molar-refractivity contribution is 6.33. The van der Waals surface area contributed by atoms with Gasteiger partial charge in [0.05, 0.1) is 10.7 Å². The molecule has 2 rings (SSSR count). The molecule has 0 bridgehead atoms. The van der Waals surface area contributed by atoms with Crippen LogP contribution in [0.2, 0.25) is 10.0 Å². The lowest BCUT2D eigenvalue weighted by molar-refractivity contribution is 0.102. The summed E-state index contributed by atoms with van der Waals surface area (Å²) >= 11 is 11.8. The quantitative estimate of drug-likeness (QED) is 0.818. The van der Waals surface area contributed by atoms with Gasteiger partial charge in [0.2, 0.25) is 0 Å². The number of nitrogen functional groups attached to an aromatic ring is 1. The van der Waals surface area contributed by atoms with Crippen molar-refractivity contribution >= 4 is 40.5 Å². The number of nitrogens with one attached hydrogen (secondary N) is 1. The molecule has 5 heteroatoms. The van der Waals surface area contributed by atoms with Crippen LogP contribution in [0, 0.1) is 6.92 Å². The topological polar surface area (TPSA) is 55.1 Å². The number of hydrogen-bond acceptors (Lipinski definition) is 2. The van der Waals surface area contributed by atoms with Crippen LogP contribution in [0.25, 0.3) is 0 Å². The second kappa shape index (κ2) is 5.51. The van der Waals surface area contributed by atoms with E-state index in [1.54, 1.807) is 36.4 Å². The van der Waals surface area contributed by atoms with Crippen LogP contribution >= 0.6 is 23.2 Å². The fourth-order valence-corrected chi connectivity index (χ4v) is 1.89. The zero-order valence-electron chi connectivity index (χ0n) is 10.2. The summed E-state index contributed by atoms with van der Waals surface area (Å²) in [6, 6.07) is 10.0. The first-order valence-corrected chi connectivity index (χ1v) is 6.35. The number of carbonyl (C=O) groups excluding carboxylic acids is 1. The Morgan fingerprint density at radius 1 is 1.11 bits per heavy atom. The molecule has 0 fully saturated rings. The molecule has 3 nitrogen and oxygen atoms in total. The Morgan fingerprint density at radius 2 is 1.84 bits per heavy atom. The van der Waals surface area contributed by atoms with Gasteiger partial charge in [0.15, 0.2) is 0 Å². The van der Waals surface area contributed by atoms with E-state index < -0.39 is 0 Å². The van der Waals surface area contributed by atoms with E-state index in [9.17, 15) is 4.79 Å². The van der Waals surface area contributed by atoms with E-state index >= 15 is 0 Å². The Hall–Kier alpha value is -1.71. The lowest BCUT2D eigenvalue weighted by Crippen LogP contribution is -2.12. The molecule has 0 aliphatic rings. The highest BCUT2D eigenvalue weighted by Gasteiger charge is 2.08. The van der Waals surface area contributed by atoms with Crippen LogP contribution in [0.1, 0.15) is 15.9 Å². The standard InChI is InChI=1S/C14H12Cl2N2O/c1-8-6-9(2-4-11(8)15)14(19)18-10-3-5-13(17)12(16)7-10/h2-7H,17H2,1H3,(H,18,19). The Balaban J connectivity index is 2.20. The monoisotopic (exact) mass is 294 g/mol. The molecule has 0 radical (unpaired) electrons. The number of amides is 1. The summed E-state index contributed by atoms with van der Waals surface area (Å²) in [5.41, 5.74) is 8.06. The van der Waals surface area contributed by atoms with Crippen LogP contribution in [0.5, 0.6) is 0 Å². The number of hydrogen-bond donors (Lipinski definition) is 2. The molecule has 0 unspecified atom stereocenters. The minimum atomic E-state index is -0.222. The maximum atomic E-state index is 12.0. The lowest BCUT2D eigenvalue weighted by atomic mass is 10.1. The first-order valence-electron chi connectivity index (χ1n) is 5.60. The van der Waals surface area contributed by atoms with Crippen molar-refractivity contribution in [3.8, 4) is 0 Å². The van der Waals surface area contributed by atoms with Crippen LogP contribution in [0.4, 0.5) is 11.4 Å². The van der Waals surface area contributed by atoms with Crippen molar-refractivity contribution in [2.24, 2.45) is 0 Å². The second-order valence-corrected chi connectivity index (χ2v) is 4.97. The van der Waals surface area contributed by atoms with Gasteiger partial charge in [0.1, 0.15) is 0 Å². The molecule has 0 aliphatic heterocycles. The third-order valence-corrected chi connectivity index (χ3v) is 3.43. The van der Waals surface area contributed by atoms with Crippen molar-refractivity contribution in [1.29, 1.82) is 0 Å². The largest absolute Gasteiger partial charge is 0.398 e. The Labute approximate surface area is 121 Å². The average Bonchev–Trinajstić information content (AvgIpc) is 2.37. The summed E-state index contributed by atoms with van der Waals surface area (Å²) < 4.78 is 0. The predicted octanol–water partition coefficient (Wildman–Crippen LogP) is 4.14. The Bertz CT molecular complexity index is 641. The minimum absolute atomic E-state index is 0.222. The Morgan fingerprint density at radius 3 is 2.47 bits per heavy atom. The molecule has 0 spiro atoms. The minimum Gasteiger partial charge on any atom is -0.398 e. The van der Waals surface area contributed by atoms with E-state index in [4.69, 9.17) is 28.9 Å². The van der Waals surface area contributed by atoms with Crippen LogP contribution in [0.15, 0.2) is 36.4 Å². The van der Waals surface area contributed by atoms with Crippen molar-refractivity contribution in [2.45, 2.75) is 6.92 Å². The molecule has 98 valence electrons. The number of nitrogens with two attached hydrogens (primary N) is 1. The second-order valence-electron chi connectivity index (χ2n) is 4.15. The van der Waals surface area contributed by atoms with Gasteiger partial charge in [-0.05, 0) is 48.9 Å². The number of anilines is 2. The SMILES string of the molecule is Cc1cc(C(=O)Nc2ccc(N)c(Cl)c2)ccc1Cl. The first-order chi connectivity index (χ1) is 8.97. The van der Waals surface area contributed by atoms with E-state index in [-0.39, 0.29) is 5.91 Å². The van der Waals surface area contributed by atoms with E-state index in [2.05, 4.69) is 5.32 Å². The average molecular weight is 295 g/mol. The molecule has 2 aromatic rings. The summed E-state index contributed by atoms with van der Waals surface area (Å²) in [4.78, 5) is 12.0. The van der Waals surface area contributed by atoms with Crippen LogP contribution < -0.4 is 11.1 Å². The summed E-state index contributed by atoms with van der Waals surface area (Å²) in [5.74, 6) is -0.222. The van der Waals surface area contributed by atoms with Gasteiger partial charge in [0, 0.05) is 16.3 Å². The zero-order chi connectivity index (χ0) is 14.0. The van der Waals surface area contributed by atoms with E-state index in [1.165, 1.54) is 0 Å². The van der Waals surface area contributed by atoms with Gasteiger partial charge in [0.25, 0.3) is 5.91 Å². The summed E-state index contributed by atoms with van der Waals surface area (Å²) in [7, 11) is 0. The van der Waals surface area contributed by atoms with Gasteiger partial charge < -0.3 is 11.1 Å². The third-order valence-electron chi connectivity index (χ3n) is 2.68. The zero-order valence-corrected chi connectivity index (χ0v) is 11.7. The van der Waals surface area contributed by atoms with Gasteiger partial charge in [-0.2, -0.15) is 0 Å². The van der Waals surface area contributed by atoms with Crippen LogP contribution in [-0.2, 0) is 0 Å². The fraction of sp³-hybridized carbons (Fsp3) is 0.0714. The van der Waals surface area contributed by atoms with Gasteiger partial charge in [-0.1, -0.05) is 23.2 Å². The molecule has 19 heavy (non-hydrogen) atoms. The number of carbonyl (C=O) groups is 1. The van der Waals surface area contributed by atoms with Crippen molar-refractivity contribution in [1.82, 2.24) is 0 Å². The molecule has 0 saturated carbocycles. The molecule has 0 heterocycles. The predicted molar refractivity (Wildman–Crippen MR) is 80.0 cm³/mol. The molecule has 0 atom stereocenters. The maximum absolute atomic E-state index is 12.0. The van der Waals surface area contributed by atoms with Crippen LogP contribution in [0.3, 0.4) is 0 Å². The third kappa shape index (κ3) is 3.19. The van der Waals surface area contributed by atoms with E-state index in [0.717, 1.165) is 5.56 Å². The van der Waals surface area contributed by atoms with Crippen LogP contribution in [-0.4, -0.2) is 5.91 Å². The van der Waals surface area contributed by atoms with Gasteiger partial charge in [-0.15, -0.1) is 0 Å². The van der Waals surface area contributed by atoms with Crippen molar-refractivity contribution in [3.63, 3.8) is 0 Å². The first kappa shape index (κ1) is 13.7. The molecular weight excluding hydrogens is 283 g/mol. The Kier molecular flexibility index (Phi) is 3.98. The maximum Gasteiger partial charge on any atom is 0.255 e. The van der Waals surface area contributed by atoms with E-state index in [0.29, 0.717) is 27.0 Å². The summed E-state index contributed by atoms with van der Waals surface area (Å²) in [5, 5.41) is 3.79. The normalized spacial score (nSPS) is 10.3. The molecular formula is C14H12Cl2N2O. The highest BCUT2D eigenvalue weighted by Crippen LogP contribution is 2.23. The van der Waals surface area contributed by atoms with Crippen molar-refractivity contribution in [3.05, 3.63) is 57.6 Å².